The van der Waals surface area contributed by atoms with Crippen LogP contribution in [0, 0.1) is 10.1 Å². The van der Waals surface area contributed by atoms with Crippen LogP contribution in [-0.4, -0.2) is 39.7 Å². The minimum Gasteiger partial charge on any atom is -0.446 e. The molecule has 2 amide bonds. The van der Waals surface area contributed by atoms with Crippen LogP contribution >= 0.6 is 0 Å². The molecule has 0 fully saturated rings. The first-order chi connectivity index (χ1) is 13.0. The molecule has 0 aliphatic carbocycles. The van der Waals surface area contributed by atoms with Gasteiger partial charge < -0.3 is 14.6 Å². The Morgan fingerprint density at radius 3 is 2.56 bits per heavy atom. The first-order valence-electron chi connectivity index (χ1n) is 7.94. The van der Waals surface area contributed by atoms with Crippen molar-refractivity contribution in [3.8, 4) is 0 Å². The molecule has 0 unspecified atom stereocenters. The molecule has 140 valence electrons. The Balaban J connectivity index is 2.12. The number of aromatic nitrogens is 1. The lowest BCUT2D eigenvalue weighted by Crippen LogP contribution is -2.31. The molecular weight excluding hydrogens is 352 g/mol. The fraction of sp³-hybridized carbons (Fsp3) is 0.167. The lowest BCUT2D eigenvalue weighted by atomic mass is 10.2. The van der Waals surface area contributed by atoms with E-state index in [1.807, 2.05) is 0 Å². The average molecular weight is 370 g/mol. The Bertz CT molecular complexity index is 857. The molecule has 2 aromatic rings. The van der Waals surface area contributed by atoms with Gasteiger partial charge in [0, 0.05) is 30.8 Å². The van der Waals surface area contributed by atoms with Gasteiger partial charge in [0.25, 0.3) is 17.5 Å². The Morgan fingerprint density at radius 2 is 1.96 bits per heavy atom. The highest BCUT2D eigenvalue weighted by molar-refractivity contribution is 5.94. The van der Waals surface area contributed by atoms with Crippen LogP contribution in [0.1, 0.15) is 26.7 Å². The van der Waals surface area contributed by atoms with Crippen molar-refractivity contribution in [2.45, 2.75) is 6.54 Å². The number of hydrogen-bond donors (Lipinski definition) is 1. The Hall–Kier alpha value is -3.75. The van der Waals surface area contributed by atoms with Gasteiger partial charge in [-0.05, 0) is 12.1 Å². The van der Waals surface area contributed by atoms with Gasteiger partial charge in [-0.3, -0.25) is 19.7 Å². The van der Waals surface area contributed by atoms with E-state index >= 15 is 0 Å². The Morgan fingerprint density at radius 1 is 1.26 bits per heavy atom. The SMILES string of the molecule is C=CCNC(=O)c1coc(CN(CC=C)C(=O)c2ccc([N+](=O)[O-])cc2)n1. The van der Waals surface area contributed by atoms with E-state index in [2.05, 4.69) is 23.5 Å². The molecule has 0 aliphatic heterocycles. The van der Waals surface area contributed by atoms with Gasteiger partial charge in [-0.2, -0.15) is 0 Å². The van der Waals surface area contributed by atoms with E-state index in [-0.39, 0.29) is 41.8 Å². The van der Waals surface area contributed by atoms with Gasteiger partial charge in [0.1, 0.15) is 6.26 Å². The van der Waals surface area contributed by atoms with E-state index in [9.17, 15) is 19.7 Å². The van der Waals surface area contributed by atoms with Crippen molar-refractivity contribution in [2.24, 2.45) is 0 Å². The number of carbonyl (C=O) groups is 2. The number of nitro benzene ring substituents is 1. The molecule has 0 bridgehead atoms. The van der Waals surface area contributed by atoms with E-state index < -0.39 is 10.8 Å². The van der Waals surface area contributed by atoms with E-state index in [4.69, 9.17) is 4.42 Å². The second-order valence-corrected chi connectivity index (χ2v) is 5.40. The zero-order valence-electron chi connectivity index (χ0n) is 14.5. The minimum absolute atomic E-state index is 0.0105. The molecule has 1 N–H and O–H groups in total. The number of hydrogen-bond acceptors (Lipinski definition) is 6. The van der Waals surface area contributed by atoms with Crippen LogP contribution in [0.4, 0.5) is 5.69 Å². The molecule has 0 saturated carbocycles. The molecule has 27 heavy (non-hydrogen) atoms. The monoisotopic (exact) mass is 370 g/mol. The normalized spacial score (nSPS) is 10.1. The van der Waals surface area contributed by atoms with E-state index in [1.54, 1.807) is 0 Å². The zero-order chi connectivity index (χ0) is 19.8. The molecule has 0 saturated heterocycles. The van der Waals surface area contributed by atoms with Gasteiger partial charge in [0.2, 0.25) is 5.89 Å². The van der Waals surface area contributed by atoms with Crippen molar-refractivity contribution < 1.29 is 18.9 Å². The van der Waals surface area contributed by atoms with Gasteiger partial charge in [-0.1, -0.05) is 12.2 Å². The molecule has 0 aliphatic rings. The average Bonchev–Trinajstić information content (AvgIpc) is 3.14. The van der Waals surface area contributed by atoms with Crippen LogP contribution in [0.5, 0.6) is 0 Å². The maximum atomic E-state index is 12.7. The van der Waals surface area contributed by atoms with Crippen molar-refractivity contribution in [1.82, 2.24) is 15.2 Å². The highest BCUT2D eigenvalue weighted by Crippen LogP contribution is 2.15. The van der Waals surface area contributed by atoms with Crippen LogP contribution in [0.2, 0.25) is 0 Å². The van der Waals surface area contributed by atoms with E-state index in [1.165, 1.54) is 47.6 Å². The Kier molecular flexibility index (Phi) is 6.59. The molecule has 1 aromatic carbocycles. The number of oxazole rings is 1. The lowest BCUT2D eigenvalue weighted by molar-refractivity contribution is -0.384. The summed E-state index contributed by atoms with van der Waals surface area (Å²) in [5, 5.41) is 13.3. The van der Waals surface area contributed by atoms with Gasteiger partial charge in [0.15, 0.2) is 5.69 Å². The van der Waals surface area contributed by atoms with Crippen molar-refractivity contribution in [1.29, 1.82) is 0 Å². The third kappa shape index (κ3) is 5.11. The molecule has 9 heteroatoms. The number of benzene rings is 1. The summed E-state index contributed by atoms with van der Waals surface area (Å²) in [6, 6.07) is 5.26. The molecule has 0 atom stereocenters. The summed E-state index contributed by atoms with van der Waals surface area (Å²) in [5.74, 6) is -0.613. The van der Waals surface area contributed by atoms with Crippen LogP contribution in [-0.2, 0) is 6.54 Å². The van der Waals surface area contributed by atoms with E-state index in [0.717, 1.165) is 0 Å². The first kappa shape index (κ1) is 19.6. The number of nitrogens with zero attached hydrogens (tertiary/aromatic N) is 3. The van der Waals surface area contributed by atoms with E-state index in [0.29, 0.717) is 6.54 Å². The molecule has 0 spiro atoms. The quantitative estimate of drug-likeness (QED) is 0.411. The van der Waals surface area contributed by atoms with Crippen molar-refractivity contribution in [3.63, 3.8) is 0 Å². The molecule has 1 aromatic heterocycles. The molecule has 2 rings (SSSR count). The molecule has 0 radical (unpaired) electrons. The van der Waals surface area contributed by atoms with Crippen LogP contribution in [0.3, 0.4) is 0 Å². The fourth-order valence-electron chi connectivity index (χ4n) is 2.19. The van der Waals surface area contributed by atoms with Gasteiger partial charge >= 0.3 is 0 Å². The summed E-state index contributed by atoms with van der Waals surface area (Å²) in [4.78, 5) is 40.1. The highest BCUT2D eigenvalue weighted by Gasteiger charge is 2.19. The number of non-ortho nitro benzene ring substituents is 1. The Labute approximate surface area is 155 Å². The molecule has 9 nitrogen and oxygen atoms in total. The first-order valence-corrected chi connectivity index (χ1v) is 7.94. The predicted octanol–water partition coefficient (Wildman–Crippen LogP) is 2.33. The van der Waals surface area contributed by atoms with Crippen LogP contribution in [0.15, 0.2) is 60.3 Å². The largest absolute Gasteiger partial charge is 0.446 e. The maximum absolute atomic E-state index is 12.7. The fourth-order valence-corrected chi connectivity index (χ4v) is 2.19. The molecule has 1 heterocycles. The maximum Gasteiger partial charge on any atom is 0.273 e. The lowest BCUT2D eigenvalue weighted by Gasteiger charge is -2.19. The van der Waals surface area contributed by atoms with Gasteiger partial charge in [-0.15, -0.1) is 13.2 Å². The highest BCUT2D eigenvalue weighted by atomic mass is 16.6. The summed E-state index contributed by atoms with van der Waals surface area (Å²) >= 11 is 0. The number of carbonyl (C=O) groups excluding carboxylic acids is 2. The van der Waals surface area contributed by atoms with Gasteiger partial charge in [0.05, 0.1) is 11.5 Å². The second-order valence-electron chi connectivity index (χ2n) is 5.40. The van der Waals surface area contributed by atoms with Crippen molar-refractivity contribution in [2.75, 3.05) is 13.1 Å². The standard InChI is InChI=1S/C18H18N4O5/c1-3-9-19-17(23)15-12-27-16(20-15)11-21(10-4-2)18(24)13-5-7-14(8-6-13)22(25)26/h3-8,12H,1-2,9-11H2,(H,19,23). The zero-order valence-corrected chi connectivity index (χ0v) is 14.5. The van der Waals surface area contributed by atoms with Crippen LogP contribution < -0.4 is 5.32 Å². The second kappa shape index (κ2) is 9.09. The number of amides is 2. The summed E-state index contributed by atoms with van der Waals surface area (Å²) in [7, 11) is 0. The third-order valence-corrected chi connectivity index (χ3v) is 3.48. The smallest absolute Gasteiger partial charge is 0.273 e. The summed E-state index contributed by atoms with van der Waals surface area (Å²) < 4.78 is 5.26. The topological polar surface area (TPSA) is 119 Å². The van der Waals surface area contributed by atoms with Gasteiger partial charge in [-0.25, -0.2) is 4.98 Å². The summed E-state index contributed by atoms with van der Waals surface area (Å²) in [6.07, 6.45) is 4.27. The summed E-state index contributed by atoms with van der Waals surface area (Å²) in [5.41, 5.74) is 0.260. The number of nitro groups is 1. The minimum atomic E-state index is -0.540. The van der Waals surface area contributed by atoms with Crippen molar-refractivity contribution >= 4 is 17.5 Å². The summed E-state index contributed by atoms with van der Waals surface area (Å²) in [6.45, 7) is 7.63. The third-order valence-electron chi connectivity index (χ3n) is 3.48. The number of nitrogens with one attached hydrogen (secondary N) is 1. The predicted molar refractivity (Wildman–Crippen MR) is 97.1 cm³/mol. The van der Waals surface area contributed by atoms with Crippen molar-refractivity contribution in [3.05, 3.63) is 83.1 Å². The number of rotatable bonds is 9. The van der Waals surface area contributed by atoms with Crippen LogP contribution in [0.25, 0.3) is 0 Å². The molecular formula is C18H18N4O5.